The maximum atomic E-state index is 12.4. The molecule has 0 saturated carbocycles. The first kappa shape index (κ1) is 50.8. The van der Waals surface area contributed by atoms with Crippen molar-refractivity contribution in [3.05, 3.63) is 167 Å². The first-order chi connectivity index (χ1) is 31.7. The number of aromatic hydroxyl groups is 7. The SMILES string of the molecule is CC(C)(C)c1cc2c(O)c(c1)Cc1cc(C(C)(C)C)cc(c1O)Cc1cc(C(C)(C)C)cc(c1O)Cc1cc(C(C)(C)C)cc(c1O)Cc1cc(C(C)(C)C)cc(c1O)Cc1cc(O)cc(c1O)C2. The molecule has 12 bridgehead atoms. The molecule has 1 aliphatic rings. The highest BCUT2D eigenvalue weighted by Crippen LogP contribution is 2.44. The van der Waals surface area contributed by atoms with E-state index in [0.29, 0.717) is 66.8 Å². The predicted molar refractivity (Wildman–Crippen MR) is 281 cm³/mol. The molecule has 7 rings (SSSR count). The normalized spacial score (nSPS) is 14.1. The third-order valence-electron chi connectivity index (χ3n) is 14.2. The van der Waals surface area contributed by atoms with Gasteiger partial charge in [0.25, 0.3) is 0 Å². The van der Waals surface area contributed by atoms with Gasteiger partial charge >= 0.3 is 0 Å². The largest absolute Gasteiger partial charge is 0.508 e. The van der Waals surface area contributed by atoms with E-state index >= 15 is 0 Å². The highest BCUT2D eigenvalue weighted by Gasteiger charge is 2.28. The lowest BCUT2D eigenvalue weighted by molar-refractivity contribution is 0.444. The van der Waals surface area contributed by atoms with Crippen LogP contribution in [0.3, 0.4) is 0 Å². The van der Waals surface area contributed by atoms with Crippen molar-refractivity contribution < 1.29 is 35.7 Å². The van der Waals surface area contributed by atoms with Gasteiger partial charge in [-0.05, 0) is 123 Å². The average molecular weight is 933 g/mol. The topological polar surface area (TPSA) is 142 Å². The monoisotopic (exact) mass is 933 g/mol. The van der Waals surface area contributed by atoms with E-state index in [1.807, 2.05) is 60.7 Å². The fourth-order valence-corrected chi connectivity index (χ4v) is 9.55. The van der Waals surface area contributed by atoms with Crippen LogP contribution in [0.15, 0.2) is 72.8 Å². The van der Waals surface area contributed by atoms with Gasteiger partial charge in [0.1, 0.15) is 40.2 Å². The van der Waals surface area contributed by atoms with Gasteiger partial charge in [0.15, 0.2) is 0 Å². The zero-order valence-corrected chi connectivity index (χ0v) is 43.8. The van der Waals surface area contributed by atoms with E-state index in [-0.39, 0.29) is 106 Å². The van der Waals surface area contributed by atoms with Crippen LogP contribution >= 0.6 is 0 Å². The molecule has 6 aromatic carbocycles. The second-order valence-corrected chi connectivity index (χ2v) is 25.1. The van der Waals surface area contributed by atoms with Crippen LogP contribution in [0, 0.1) is 0 Å². The number of benzene rings is 6. The number of phenols is 7. The number of phenolic OH excluding ortho intramolecular Hbond substituents is 7. The second-order valence-electron chi connectivity index (χ2n) is 25.1. The standard InChI is InChI=1S/C62H76O7/c1-58(2,3)46-22-34-16-36-24-47(59(4,5)6)26-38(53(36)65)18-40-28-49(61(10,11)12)30-42(55(40)67)20-44-32-51(63)33-45(57(44)69)21-43-31-50(62(13,14)15)29-41(56(43)68)19-39-27-48(60(7,8)9)25-37(54(39)66)17-35(23-46)52(34)64/h22-33,63-69H,16-21H2,1-15H3. The Labute approximate surface area is 411 Å². The molecule has 6 aromatic rings. The molecule has 7 N–H and O–H groups in total. The summed E-state index contributed by atoms with van der Waals surface area (Å²) >= 11 is 0. The van der Waals surface area contributed by atoms with E-state index in [4.69, 9.17) is 0 Å². The lowest BCUT2D eigenvalue weighted by Gasteiger charge is -2.26. The first-order valence-electron chi connectivity index (χ1n) is 24.5. The number of hydrogen-bond acceptors (Lipinski definition) is 7. The smallest absolute Gasteiger partial charge is 0.122 e. The van der Waals surface area contributed by atoms with E-state index in [9.17, 15) is 35.7 Å². The molecule has 7 heteroatoms. The molecule has 7 nitrogen and oxygen atoms in total. The van der Waals surface area contributed by atoms with Gasteiger partial charge in [-0.15, -0.1) is 0 Å². The van der Waals surface area contributed by atoms with E-state index in [1.54, 1.807) is 0 Å². The van der Waals surface area contributed by atoms with Gasteiger partial charge in [-0.1, -0.05) is 165 Å². The minimum absolute atomic E-state index is 0.0327. The number of fused-ring (bicyclic) bond motifs is 12. The van der Waals surface area contributed by atoms with Crippen molar-refractivity contribution in [3.8, 4) is 40.2 Å². The third-order valence-corrected chi connectivity index (χ3v) is 14.2. The minimum atomic E-state index is -0.335. The summed E-state index contributed by atoms with van der Waals surface area (Å²) in [6.07, 6.45) is 1.00. The van der Waals surface area contributed by atoms with Gasteiger partial charge in [-0.25, -0.2) is 0 Å². The van der Waals surface area contributed by atoms with Crippen molar-refractivity contribution in [2.24, 2.45) is 0 Å². The van der Waals surface area contributed by atoms with Crippen molar-refractivity contribution in [1.82, 2.24) is 0 Å². The molecule has 0 aliphatic heterocycles. The highest BCUT2D eigenvalue weighted by atomic mass is 16.3. The predicted octanol–water partition coefficient (Wildman–Crippen LogP) is 14.0. The zero-order valence-electron chi connectivity index (χ0n) is 43.8. The summed E-state index contributed by atoms with van der Waals surface area (Å²) in [5.41, 5.74) is 10.2. The summed E-state index contributed by atoms with van der Waals surface area (Å²) < 4.78 is 0. The van der Waals surface area contributed by atoms with Crippen molar-refractivity contribution in [1.29, 1.82) is 0 Å². The summed E-state index contributed by atoms with van der Waals surface area (Å²) in [4.78, 5) is 0. The Morgan fingerprint density at radius 2 is 0.333 bits per heavy atom. The zero-order chi connectivity index (χ0) is 51.1. The van der Waals surface area contributed by atoms with E-state index in [1.165, 1.54) is 12.1 Å². The highest BCUT2D eigenvalue weighted by molar-refractivity contribution is 5.60. The van der Waals surface area contributed by atoms with E-state index in [0.717, 1.165) is 27.8 Å². The summed E-state index contributed by atoms with van der Waals surface area (Å²) in [6.45, 7) is 31.8. The molecule has 0 radical (unpaired) electrons. The van der Waals surface area contributed by atoms with Crippen LogP contribution in [0.1, 0.15) is 198 Å². The van der Waals surface area contributed by atoms with Crippen molar-refractivity contribution in [2.45, 2.75) is 169 Å². The molecule has 366 valence electrons. The molecule has 0 atom stereocenters. The van der Waals surface area contributed by atoms with Gasteiger partial charge in [0.2, 0.25) is 0 Å². The molecule has 69 heavy (non-hydrogen) atoms. The van der Waals surface area contributed by atoms with Gasteiger partial charge in [-0.3, -0.25) is 0 Å². The van der Waals surface area contributed by atoms with Crippen molar-refractivity contribution in [3.63, 3.8) is 0 Å². The van der Waals surface area contributed by atoms with Gasteiger partial charge in [0, 0.05) is 49.7 Å². The summed E-state index contributed by atoms with van der Waals surface area (Å²) in [5.74, 6) is 0.218. The van der Waals surface area contributed by atoms with Crippen LogP contribution in [0.2, 0.25) is 0 Å². The van der Waals surface area contributed by atoms with Crippen LogP contribution in [0.25, 0.3) is 0 Å². The van der Waals surface area contributed by atoms with Crippen LogP contribution in [0.4, 0.5) is 0 Å². The lowest BCUT2D eigenvalue weighted by atomic mass is 9.79. The van der Waals surface area contributed by atoms with Gasteiger partial charge < -0.3 is 35.7 Å². The molecule has 0 aromatic heterocycles. The Morgan fingerprint density at radius 1 is 0.217 bits per heavy atom. The van der Waals surface area contributed by atoms with Gasteiger partial charge in [0.05, 0.1) is 0 Å². The molecule has 0 spiro atoms. The molecular weight excluding hydrogens is 857 g/mol. The fourth-order valence-electron chi connectivity index (χ4n) is 9.55. The molecule has 0 fully saturated rings. The van der Waals surface area contributed by atoms with Gasteiger partial charge in [-0.2, -0.15) is 0 Å². The number of hydrogen-bond donors (Lipinski definition) is 7. The van der Waals surface area contributed by atoms with E-state index in [2.05, 4.69) is 104 Å². The van der Waals surface area contributed by atoms with Crippen LogP contribution in [0.5, 0.6) is 40.2 Å². The molecule has 0 amide bonds. The molecule has 0 saturated heterocycles. The maximum Gasteiger partial charge on any atom is 0.122 e. The van der Waals surface area contributed by atoms with Crippen LogP contribution in [-0.4, -0.2) is 35.7 Å². The van der Waals surface area contributed by atoms with Crippen molar-refractivity contribution >= 4 is 0 Å². The Kier molecular flexibility index (Phi) is 13.0. The number of rotatable bonds is 0. The molecule has 1 aliphatic carbocycles. The summed E-state index contributed by atoms with van der Waals surface area (Å²) in [5, 5.41) is 85.0. The summed E-state index contributed by atoms with van der Waals surface area (Å²) in [6, 6.07) is 23.0. The average Bonchev–Trinajstić information content (AvgIpc) is 3.21. The van der Waals surface area contributed by atoms with Crippen LogP contribution < -0.4 is 0 Å². The Balaban J connectivity index is 1.55. The first-order valence-corrected chi connectivity index (χ1v) is 24.5. The Hall–Kier alpha value is -6.08. The van der Waals surface area contributed by atoms with E-state index < -0.39 is 0 Å². The maximum absolute atomic E-state index is 12.4. The lowest BCUT2D eigenvalue weighted by Crippen LogP contribution is -2.15. The van der Waals surface area contributed by atoms with Crippen molar-refractivity contribution in [2.75, 3.05) is 0 Å². The molecule has 0 unspecified atom stereocenters. The third kappa shape index (κ3) is 10.7. The van der Waals surface area contributed by atoms with Crippen LogP contribution in [-0.2, 0) is 65.6 Å². The Morgan fingerprint density at radius 3 is 0.449 bits per heavy atom. The molecular formula is C62H76O7. The second kappa shape index (κ2) is 17.7. The fraction of sp³-hybridized carbons (Fsp3) is 0.419. The molecule has 0 heterocycles. The minimum Gasteiger partial charge on any atom is -0.508 e. The summed E-state index contributed by atoms with van der Waals surface area (Å²) in [7, 11) is 0. The Bertz CT molecular complexity index is 2780. The quantitative estimate of drug-likeness (QED) is 0.0751.